The Labute approximate surface area is 121 Å². The van der Waals surface area contributed by atoms with Crippen molar-refractivity contribution < 1.29 is 19.1 Å². The van der Waals surface area contributed by atoms with Gasteiger partial charge in [-0.15, -0.1) is 11.8 Å². The second-order valence-corrected chi connectivity index (χ2v) is 5.36. The molecule has 0 fully saturated rings. The van der Waals surface area contributed by atoms with Gasteiger partial charge in [0.2, 0.25) is 5.91 Å². The maximum absolute atomic E-state index is 13.3. The Balaban J connectivity index is 2.37. The quantitative estimate of drug-likeness (QED) is 0.724. The molecule has 1 atom stereocenters. The fourth-order valence-electron chi connectivity index (χ4n) is 1.65. The average molecular weight is 299 g/mol. The Kier molecular flexibility index (Phi) is 7.08. The van der Waals surface area contributed by atoms with Crippen molar-refractivity contribution in [3.05, 3.63) is 30.1 Å². The number of rotatable bonds is 8. The smallest absolute Gasteiger partial charge is 0.308 e. The van der Waals surface area contributed by atoms with E-state index in [1.807, 2.05) is 6.92 Å². The molecule has 1 rings (SSSR count). The van der Waals surface area contributed by atoms with Crippen LogP contribution in [0.25, 0.3) is 0 Å². The average Bonchev–Trinajstić information content (AvgIpc) is 2.42. The number of hydrogen-bond acceptors (Lipinski definition) is 3. The van der Waals surface area contributed by atoms with E-state index in [1.165, 1.54) is 6.07 Å². The summed E-state index contributed by atoms with van der Waals surface area (Å²) in [5.74, 6) is -2.06. The van der Waals surface area contributed by atoms with Crippen molar-refractivity contribution in [2.24, 2.45) is 5.92 Å². The molecule has 20 heavy (non-hydrogen) atoms. The second-order valence-electron chi connectivity index (χ2n) is 4.35. The summed E-state index contributed by atoms with van der Waals surface area (Å²) in [4.78, 5) is 22.9. The van der Waals surface area contributed by atoms with Gasteiger partial charge in [-0.2, -0.15) is 0 Å². The number of amides is 1. The van der Waals surface area contributed by atoms with Gasteiger partial charge in [0.15, 0.2) is 0 Å². The minimum atomic E-state index is -0.908. The zero-order valence-electron chi connectivity index (χ0n) is 11.3. The summed E-state index contributed by atoms with van der Waals surface area (Å²) in [6, 6.07) is 6.22. The van der Waals surface area contributed by atoms with E-state index in [0.717, 1.165) is 18.2 Å². The summed E-state index contributed by atoms with van der Waals surface area (Å²) < 4.78 is 13.3. The molecule has 2 N–H and O–H groups in total. The number of carboxylic acid groups (broad SMARTS) is 1. The number of nitrogens with one attached hydrogen (secondary N) is 1. The summed E-state index contributed by atoms with van der Waals surface area (Å²) in [5.41, 5.74) is 0. The van der Waals surface area contributed by atoms with Crippen molar-refractivity contribution in [1.82, 2.24) is 5.32 Å². The number of thioether (sulfide) groups is 1. The van der Waals surface area contributed by atoms with Gasteiger partial charge in [0.25, 0.3) is 0 Å². The monoisotopic (exact) mass is 299 g/mol. The van der Waals surface area contributed by atoms with E-state index in [9.17, 15) is 14.0 Å². The Morgan fingerprint density at radius 1 is 1.40 bits per heavy atom. The molecule has 0 spiro atoms. The third-order valence-corrected chi connectivity index (χ3v) is 3.78. The number of aliphatic carboxylic acids is 1. The summed E-state index contributed by atoms with van der Waals surface area (Å²) in [5, 5.41) is 11.5. The Morgan fingerprint density at radius 2 is 2.10 bits per heavy atom. The molecule has 0 radical (unpaired) electrons. The molecule has 0 saturated heterocycles. The summed E-state index contributed by atoms with van der Waals surface area (Å²) in [6.45, 7) is 2.01. The molecule has 0 aliphatic carbocycles. The Hall–Kier alpha value is -1.56. The van der Waals surface area contributed by atoms with Crippen molar-refractivity contribution in [2.75, 3.05) is 12.3 Å². The largest absolute Gasteiger partial charge is 0.481 e. The normalized spacial score (nSPS) is 11.9. The third-order valence-electron chi connectivity index (χ3n) is 2.73. The number of carbonyl (C=O) groups excluding carboxylic acids is 1. The van der Waals surface area contributed by atoms with E-state index in [2.05, 4.69) is 5.32 Å². The number of carbonyl (C=O) groups is 2. The van der Waals surface area contributed by atoms with E-state index in [4.69, 9.17) is 5.11 Å². The third kappa shape index (κ3) is 5.61. The summed E-state index contributed by atoms with van der Waals surface area (Å²) in [7, 11) is 0. The minimum absolute atomic E-state index is 0.0688. The van der Waals surface area contributed by atoms with Gasteiger partial charge in [-0.25, -0.2) is 4.39 Å². The van der Waals surface area contributed by atoms with Crippen molar-refractivity contribution in [1.29, 1.82) is 0 Å². The standard InChI is InChI=1S/C14H18FNO3S/c1-2-5-10(14(18)19)8-16-13(17)9-20-12-7-4-3-6-11(12)15/h3-4,6-7,10H,2,5,8-9H2,1H3,(H,16,17)(H,18,19). The van der Waals surface area contributed by atoms with Crippen molar-refractivity contribution in [2.45, 2.75) is 24.7 Å². The first kappa shape index (κ1) is 16.5. The van der Waals surface area contributed by atoms with Crippen LogP contribution >= 0.6 is 11.8 Å². The van der Waals surface area contributed by atoms with E-state index >= 15 is 0 Å². The van der Waals surface area contributed by atoms with Gasteiger partial charge in [0.05, 0.1) is 11.7 Å². The van der Waals surface area contributed by atoms with Crippen LogP contribution in [0.3, 0.4) is 0 Å². The number of carboxylic acids is 1. The van der Waals surface area contributed by atoms with Crippen molar-refractivity contribution in [3.63, 3.8) is 0 Å². The van der Waals surface area contributed by atoms with E-state index in [1.54, 1.807) is 18.2 Å². The number of hydrogen-bond donors (Lipinski definition) is 2. The van der Waals surface area contributed by atoms with Crippen LogP contribution in [-0.4, -0.2) is 29.3 Å². The molecule has 1 unspecified atom stereocenters. The second kappa shape index (κ2) is 8.58. The minimum Gasteiger partial charge on any atom is -0.481 e. The van der Waals surface area contributed by atoms with Gasteiger partial charge >= 0.3 is 5.97 Å². The van der Waals surface area contributed by atoms with Gasteiger partial charge in [-0.05, 0) is 18.6 Å². The maximum Gasteiger partial charge on any atom is 0.308 e. The van der Waals surface area contributed by atoms with Crippen LogP contribution in [0.5, 0.6) is 0 Å². The predicted molar refractivity (Wildman–Crippen MR) is 76.2 cm³/mol. The van der Waals surface area contributed by atoms with E-state index in [0.29, 0.717) is 11.3 Å². The first-order chi connectivity index (χ1) is 9.54. The van der Waals surface area contributed by atoms with Crippen LogP contribution in [0.2, 0.25) is 0 Å². The molecule has 1 amide bonds. The summed E-state index contributed by atoms with van der Waals surface area (Å²) in [6.07, 6.45) is 1.27. The molecule has 0 aromatic heterocycles. The molecule has 0 bridgehead atoms. The van der Waals surface area contributed by atoms with E-state index in [-0.39, 0.29) is 24.0 Å². The molecule has 0 heterocycles. The number of halogens is 1. The molecule has 1 aromatic rings. The lowest BCUT2D eigenvalue weighted by atomic mass is 10.0. The molecule has 0 aliphatic rings. The van der Waals surface area contributed by atoms with E-state index < -0.39 is 11.9 Å². The molecule has 4 nitrogen and oxygen atoms in total. The maximum atomic E-state index is 13.3. The highest BCUT2D eigenvalue weighted by Crippen LogP contribution is 2.20. The van der Waals surface area contributed by atoms with Crippen molar-refractivity contribution >= 4 is 23.6 Å². The van der Waals surface area contributed by atoms with Gasteiger partial charge < -0.3 is 10.4 Å². The fraction of sp³-hybridized carbons (Fsp3) is 0.429. The van der Waals surface area contributed by atoms with Crippen LogP contribution in [0.15, 0.2) is 29.2 Å². The molecular weight excluding hydrogens is 281 g/mol. The zero-order chi connectivity index (χ0) is 15.0. The van der Waals surface area contributed by atoms with Crippen LogP contribution in [0.4, 0.5) is 4.39 Å². The Morgan fingerprint density at radius 3 is 2.70 bits per heavy atom. The molecule has 0 saturated carbocycles. The molecular formula is C14H18FNO3S. The lowest BCUT2D eigenvalue weighted by molar-refractivity contribution is -0.141. The van der Waals surface area contributed by atoms with Crippen LogP contribution in [-0.2, 0) is 9.59 Å². The first-order valence-corrected chi connectivity index (χ1v) is 7.40. The highest BCUT2D eigenvalue weighted by molar-refractivity contribution is 8.00. The molecule has 6 heteroatoms. The molecule has 0 aliphatic heterocycles. The lowest BCUT2D eigenvalue weighted by Crippen LogP contribution is -2.33. The SMILES string of the molecule is CCCC(CNC(=O)CSc1ccccc1F)C(=O)O. The lowest BCUT2D eigenvalue weighted by Gasteiger charge is -2.12. The van der Waals surface area contributed by atoms with Gasteiger partial charge in [-0.3, -0.25) is 9.59 Å². The Bertz CT molecular complexity index is 467. The first-order valence-electron chi connectivity index (χ1n) is 6.41. The van der Waals surface area contributed by atoms with Gasteiger partial charge in [0.1, 0.15) is 5.82 Å². The van der Waals surface area contributed by atoms with Crippen LogP contribution in [0.1, 0.15) is 19.8 Å². The summed E-state index contributed by atoms with van der Waals surface area (Å²) >= 11 is 1.09. The molecule has 110 valence electrons. The molecule has 1 aromatic carbocycles. The highest BCUT2D eigenvalue weighted by atomic mass is 32.2. The highest BCUT2D eigenvalue weighted by Gasteiger charge is 2.17. The van der Waals surface area contributed by atoms with Crippen LogP contribution < -0.4 is 5.32 Å². The van der Waals surface area contributed by atoms with Crippen LogP contribution in [0, 0.1) is 11.7 Å². The number of benzene rings is 1. The fourth-order valence-corrected chi connectivity index (χ4v) is 2.42. The zero-order valence-corrected chi connectivity index (χ0v) is 12.1. The van der Waals surface area contributed by atoms with Crippen molar-refractivity contribution in [3.8, 4) is 0 Å². The predicted octanol–water partition coefficient (Wildman–Crippen LogP) is 2.53. The van der Waals surface area contributed by atoms with Gasteiger partial charge in [-0.1, -0.05) is 25.5 Å². The topological polar surface area (TPSA) is 66.4 Å². The van der Waals surface area contributed by atoms with Gasteiger partial charge in [0, 0.05) is 11.4 Å².